The second-order valence-corrected chi connectivity index (χ2v) is 5.65. The average molecular weight is 337 g/mol. The molecule has 0 aromatic heterocycles. The van der Waals surface area contributed by atoms with Crippen LogP contribution in [-0.4, -0.2) is 5.71 Å². The molecule has 0 bridgehead atoms. The minimum absolute atomic E-state index is 0. The van der Waals surface area contributed by atoms with E-state index in [2.05, 4.69) is 6.07 Å². The van der Waals surface area contributed by atoms with Crippen LogP contribution in [0.3, 0.4) is 0 Å². The van der Waals surface area contributed by atoms with E-state index in [0.717, 1.165) is 39.2 Å². The molecule has 0 aliphatic heterocycles. The zero-order chi connectivity index (χ0) is 16.4. The van der Waals surface area contributed by atoms with Gasteiger partial charge in [-0.05, 0) is 71.2 Å². The molecule has 0 unspecified atom stereocenters. The van der Waals surface area contributed by atoms with Crippen molar-refractivity contribution in [2.75, 3.05) is 11.5 Å². The Morgan fingerprint density at radius 3 is 2.00 bits per heavy atom. The van der Waals surface area contributed by atoms with E-state index in [-0.39, 0.29) is 12.4 Å². The van der Waals surface area contributed by atoms with Crippen LogP contribution in [0.5, 0.6) is 0 Å². The molecule has 3 nitrogen and oxygen atoms in total. The molecule has 1 aliphatic carbocycles. The summed E-state index contributed by atoms with van der Waals surface area (Å²) in [7, 11) is 0. The molecular formula is C20H19ClN3. The van der Waals surface area contributed by atoms with Crippen LogP contribution in [0.4, 0.5) is 11.4 Å². The van der Waals surface area contributed by atoms with Crippen molar-refractivity contribution in [3.63, 3.8) is 0 Å². The summed E-state index contributed by atoms with van der Waals surface area (Å²) in [5.74, 6) is 0. The van der Waals surface area contributed by atoms with E-state index in [4.69, 9.17) is 16.9 Å². The lowest BCUT2D eigenvalue weighted by Gasteiger charge is -2.14. The van der Waals surface area contributed by atoms with Crippen LogP contribution in [0.1, 0.15) is 16.7 Å². The molecule has 2 aromatic rings. The third kappa shape index (κ3) is 3.58. The lowest BCUT2D eigenvalue weighted by Crippen LogP contribution is -3.00. The van der Waals surface area contributed by atoms with Gasteiger partial charge in [-0.15, -0.1) is 0 Å². The maximum Gasteiger partial charge on any atom is 0.267 e. The predicted octanol–water partition coefficient (Wildman–Crippen LogP) is -0.923. The lowest BCUT2D eigenvalue weighted by molar-refractivity contribution is -0.110. The summed E-state index contributed by atoms with van der Waals surface area (Å²) < 4.78 is 0. The highest BCUT2D eigenvalue weighted by atomic mass is 35.5. The zero-order valence-electron chi connectivity index (χ0n) is 13.4. The summed E-state index contributed by atoms with van der Waals surface area (Å²) in [4.78, 5) is 0. The highest BCUT2D eigenvalue weighted by Crippen LogP contribution is 2.31. The highest BCUT2D eigenvalue weighted by Gasteiger charge is 2.13. The smallest absolute Gasteiger partial charge is 0.267 e. The summed E-state index contributed by atoms with van der Waals surface area (Å²) in [6.45, 7) is 2.01. The monoisotopic (exact) mass is 336 g/mol. The number of anilines is 2. The van der Waals surface area contributed by atoms with E-state index in [0.29, 0.717) is 5.71 Å². The van der Waals surface area contributed by atoms with Gasteiger partial charge in [0.15, 0.2) is 0 Å². The van der Waals surface area contributed by atoms with Crippen molar-refractivity contribution >= 4 is 22.7 Å². The number of halogens is 1. The van der Waals surface area contributed by atoms with E-state index in [1.165, 1.54) is 0 Å². The summed E-state index contributed by atoms with van der Waals surface area (Å²) in [5.41, 5.74) is 19.2. The first-order valence-corrected chi connectivity index (χ1v) is 7.46. The second-order valence-electron chi connectivity index (χ2n) is 5.65. The summed E-state index contributed by atoms with van der Waals surface area (Å²) in [5, 5.41) is 7.69. The quantitative estimate of drug-likeness (QED) is 0.620. The summed E-state index contributed by atoms with van der Waals surface area (Å²) in [6.07, 6.45) is 7.55. The molecule has 1 radical (unpaired) electrons. The topological polar surface area (TPSA) is 75.8 Å². The Balaban J connectivity index is 0.00000208. The molecule has 4 heteroatoms. The molecule has 2 aromatic carbocycles. The molecule has 0 saturated heterocycles. The van der Waals surface area contributed by atoms with Crippen LogP contribution in [0.15, 0.2) is 72.3 Å². The molecule has 1 aliphatic rings. The van der Waals surface area contributed by atoms with Crippen molar-refractivity contribution < 1.29 is 17.8 Å². The predicted molar refractivity (Wildman–Crippen MR) is 96.7 cm³/mol. The van der Waals surface area contributed by atoms with Crippen LogP contribution in [0.25, 0.3) is 5.57 Å². The van der Waals surface area contributed by atoms with E-state index >= 15 is 0 Å². The minimum atomic E-state index is 0. The van der Waals surface area contributed by atoms with Crippen LogP contribution in [0.2, 0.25) is 0 Å². The Kier molecular flexibility index (Phi) is 5.27. The Bertz CT molecular complexity index is 841. The molecule has 0 atom stereocenters. The number of nitrogen functional groups attached to an aromatic ring is 2. The standard InChI is InChI=1S/C20H19N3.ClH/c1-13-12-16(6-11-19(13)23)20(14-2-7-17(21)8-3-14)15-4-9-18(22)10-5-15;/h2-12,21H,22-23H2,1H3;1H/q+1;/p-1. The Labute approximate surface area is 148 Å². The van der Waals surface area contributed by atoms with Gasteiger partial charge in [0.1, 0.15) is 0 Å². The van der Waals surface area contributed by atoms with Gasteiger partial charge in [0.25, 0.3) is 5.71 Å². The zero-order valence-corrected chi connectivity index (χ0v) is 14.1. The first-order chi connectivity index (χ1) is 11.0. The molecule has 5 N–H and O–H groups in total. The van der Waals surface area contributed by atoms with Crippen molar-refractivity contribution in [3.8, 4) is 0 Å². The van der Waals surface area contributed by atoms with Crippen molar-refractivity contribution in [3.05, 3.63) is 89.0 Å². The number of allylic oxidation sites excluding steroid dienone is 5. The molecule has 24 heavy (non-hydrogen) atoms. The fraction of sp³-hybridized carbons (Fsp3) is 0.0500. The molecule has 0 amide bonds. The van der Waals surface area contributed by atoms with Crippen molar-refractivity contribution in [1.29, 1.82) is 0 Å². The van der Waals surface area contributed by atoms with E-state index < -0.39 is 0 Å². The van der Waals surface area contributed by atoms with Crippen LogP contribution >= 0.6 is 0 Å². The maximum atomic E-state index is 7.69. The molecule has 0 heterocycles. The highest BCUT2D eigenvalue weighted by molar-refractivity contribution is 6.03. The first kappa shape index (κ1) is 17.6. The molecule has 0 fully saturated rings. The lowest BCUT2D eigenvalue weighted by atomic mass is 9.90. The SMILES string of the molecule is Cc1cc(C(=C2C=CC(=[NH+])C=C2)c2ccc(N)cc2)ccc1N.[Cl-]. The second kappa shape index (κ2) is 7.20. The molecule has 0 saturated carbocycles. The number of rotatable bonds is 2. The third-order valence-electron chi connectivity index (χ3n) is 3.93. The summed E-state index contributed by atoms with van der Waals surface area (Å²) >= 11 is 0. The van der Waals surface area contributed by atoms with Gasteiger partial charge in [-0.1, -0.05) is 18.2 Å². The van der Waals surface area contributed by atoms with E-state index in [1.807, 2.05) is 55.5 Å². The molecule has 121 valence electrons. The van der Waals surface area contributed by atoms with Gasteiger partial charge in [0.2, 0.25) is 0 Å². The minimum Gasteiger partial charge on any atom is -1.00 e. The molecule has 3 rings (SSSR count). The fourth-order valence-corrected chi connectivity index (χ4v) is 2.62. The summed E-state index contributed by atoms with van der Waals surface area (Å²) in [6, 6.07) is 13.9. The number of hydrogen-bond donors (Lipinski definition) is 3. The van der Waals surface area contributed by atoms with Gasteiger partial charge < -0.3 is 23.9 Å². The van der Waals surface area contributed by atoms with E-state index in [9.17, 15) is 0 Å². The third-order valence-corrected chi connectivity index (χ3v) is 3.93. The van der Waals surface area contributed by atoms with Gasteiger partial charge in [-0.2, -0.15) is 0 Å². The number of hydrogen-bond acceptors (Lipinski definition) is 3. The van der Waals surface area contributed by atoms with Crippen LogP contribution in [0, 0.1) is 6.92 Å². The van der Waals surface area contributed by atoms with E-state index in [1.54, 1.807) is 12.2 Å². The van der Waals surface area contributed by atoms with Crippen molar-refractivity contribution in [2.24, 2.45) is 0 Å². The number of nitrogens with one attached hydrogen (secondary N) is 1. The van der Waals surface area contributed by atoms with Gasteiger partial charge in [-0.3, -0.25) is 0 Å². The fourth-order valence-electron chi connectivity index (χ4n) is 2.62. The average Bonchev–Trinajstić information content (AvgIpc) is 2.55. The van der Waals surface area contributed by atoms with Crippen molar-refractivity contribution in [1.82, 2.24) is 0 Å². The number of nitrogens with two attached hydrogens (primary N) is 2. The number of benzene rings is 2. The van der Waals surface area contributed by atoms with Gasteiger partial charge in [-0.25, -0.2) is 0 Å². The van der Waals surface area contributed by atoms with Crippen LogP contribution < -0.4 is 29.3 Å². The van der Waals surface area contributed by atoms with Gasteiger partial charge >= 0.3 is 0 Å². The Hall–Kier alpha value is -2.78. The maximum absolute atomic E-state index is 7.69. The van der Waals surface area contributed by atoms with Gasteiger partial charge in [0.05, 0.1) is 0 Å². The largest absolute Gasteiger partial charge is 1.00 e. The molecule has 0 spiro atoms. The molecular weight excluding hydrogens is 318 g/mol. The Morgan fingerprint density at radius 1 is 0.833 bits per heavy atom. The van der Waals surface area contributed by atoms with Gasteiger partial charge in [0, 0.05) is 28.9 Å². The first-order valence-electron chi connectivity index (χ1n) is 7.46. The normalized spacial score (nSPS) is 12.9. The Morgan fingerprint density at radius 2 is 1.42 bits per heavy atom. The number of aryl methyl sites for hydroxylation is 1. The van der Waals surface area contributed by atoms with Crippen LogP contribution in [-0.2, 0) is 0 Å². The van der Waals surface area contributed by atoms with Crippen molar-refractivity contribution in [2.45, 2.75) is 6.92 Å².